The molecule has 0 spiro atoms. The fourth-order valence-corrected chi connectivity index (χ4v) is 3.67. The molecule has 0 fully saturated rings. The molecule has 0 radical (unpaired) electrons. The lowest BCUT2D eigenvalue weighted by atomic mass is 9.99. The number of thiophene rings is 1. The summed E-state index contributed by atoms with van der Waals surface area (Å²) in [5.41, 5.74) is 2.56. The third-order valence-corrected chi connectivity index (χ3v) is 4.67. The topological polar surface area (TPSA) is 12.0 Å². The molecular weight excluding hydrogens is 330 g/mol. The first-order valence-electron chi connectivity index (χ1n) is 5.85. The Bertz CT molecular complexity index is 538. The second kappa shape index (κ2) is 6.20. The van der Waals surface area contributed by atoms with Crippen molar-refractivity contribution in [3.63, 3.8) is 0 Å². The Balaban J connectivity index is 2.45. The quantitative estimate of drug-likeness (QED) is 0.806. The summed E-state index contributed by atoms with van der Waals surface area (Å²) < 4.78 is 1.05. The van der Waals surface area contributed by atoms with Crippen molar-refractivity contribution in [1.29, 1.82) is 0 Å². The molecule has 1 aromatic carbocycles. The zero-order valence-corrected chi connectivity index (χ0v) is 13.5. The van der Waals surface area contributed by atoms with E-state index >= 15 is 0 Å². The van der Waals surface area contributed by atoms with E-state index in [4.69, 9.17) is 11.6 Å². The van der Waals surface area contributed by atoms with Crippen LogP contribution in [-0.4, -0.2) is 6.54 Å². The smallest absolute Gasteiger partial charge is 0.0598 e. The van der Waals surface area contributed by atoms with E-state index < -0.39 is 0 Å². The van der Waals surface area contributed by atoms with Crippen LogP contribution in [0.5, 0.6) is 0 Å². The molecule has 2 rings (SSSR count). The van der Waals surface area contributed by atoms with E-state index in [-0.39, 0.29) is 6.04 Å². The van der Waals surface area contributed by atoms with E-state index in [2.05, 4.69) is 52.6 Å². The molecule has 1 unspecified atom stereocenters. The molecule has 0 saturated carbocycles. The Hall–Kier alpha value is -0.350. The summed E-state index contributed by atoms with van der Waals surface area (Å²) in [6.45, 7) is 5.21. The van der Waals surface area contributed by atoms with Gasteiger partial charge in [-0.3, -0.25) is 0 Å². The normalized spacial score (nSPS) is 12.7. The van der Waals surface area contributed by atoms with Gasteiger partial charge in [0.05, 0.1) is 6.04 Å². The second-order valence-electron chi connectivity index (χ2n) is 4.09. The Kier molecular flexibility index (Phi) is 4.84. The van der Waals surface area contributed by atoms with Crippen molar-refractivity contribution in [2.45, 2.75) is 19.9 Å². The van der Waals surface area contributed by atoms with Gasteiger partial charge < -0.3 is 5.32 Å². The standard InChI is InChI=1S/C14H15BrClNS/c1-3-17-14(11-6-7-18-9(11)2)12-5-4-10(16)8-13(12)15/h4-8,14,17H,3H2,1-2H3. The summed E-state index contributed by atoms with van der Waals surface area (Å²) in [7, 11) is 0. The first-order chi connectivity index (χ1) is 8.63. The highest BCUT2D eigenvalue weighted by atomic mass is 79.9. The van der Waals surface area contributed by atoms with Crippen LogP contribution in [0.4, 0.5) is 0 Å². The second-order valence-corrected chi connectivity index (χ2v) is 6.50. The summed E-state index contributed by atoms with van der Waals surface area (Å²) in [6, 6.07) is 8.37. The number of benzene rings is 1. The number of halogens is 2. The van der Waals surface area contributed by atoms with E-state index in [1.54, 1.807) is 11.3 Å². The molecule has 18 heavy (non-hydrogen) atoms. The zero-order chi connectivity index (χ0) is 13.1. The van der Waals surface area contributed by atoms with Gasteiger partial charge in [-0.25, -0.2) is 0 Å². The molecule has 0 aliphatic heterocycles. The largest absolute Gasteiger partial charge is 0.306 e. The molecule has 1 N–H and O–H groups in total. The van der Waals surface area contributed by atoms with Gasteiger partial charge in [0, 0.05) is 14.4 Å². The molecule has 1 heterocycles. The van der Waals surface area contributed by atoms with Gasteiger partial charge in [0.15, 0.2) is 0 Å². The molecule has 1 aromatic heterocycles. The first kappa shape index (κ1) is 14.1. The minimum Gasteiger partial charge on any atom is -0.306 e. The van der Waals surface area contributed by atoms with Gasteiger partial charge in [0.25, 0.3) is 0 Å². The lowest BCUT2D eigenvalue weighted by Gasteiger charge is -2.20. The molecule has 1 atom stereocenters. The van der Waals surface area contributed by atoms with E-state index in [0.29, 0.717) is 0 Å². The zero-order valence-electron chi connectivity index (χ0n) is 10.3. The van der Waals surface area contributed by atoms with Crippen LogP contribution < -0.4 is 5.32 Å². The molecule has 0 saturated heterocycles. The number of nitrogens with one attached hydrogen (secondary N) is 1. The minimum atomic E-state index is 0.216. The number of aryl methyl sites for hydroxylation is 1. The molecule has 1 nitrogen and oxygen atoms in total. The van der Waals surface area contributed by atoms with E-state index in [9.17, 15) is 0 Å². The predicted octanol–water partition coefficient (Wildman–Crippen LogP) is 5.17. The lowest BCUT2D eigenvalue weighted by Crippen LogP contribution is -2.22. The summed E-state index contributed by atoms with van der Waals surface area (Å²) in [4.78, 5) is 1.35. The Morgan fingerprint density at radius 1 is 1.33 bits per heavy atom. The molecular formula is C14H15BrClNS. The molecule has 0 amide bonds. The highest BCUT2D eigenvalue weighted by molar-refractivity contribution is 9.10. The van der Waals surface area contributed by atoms with Gasteiger partial charge in [-0.1, -0.05) is 40.5 Å². The van der Waals surface area contributed by atoms with Crippen LogP contribution in [-0.2, 0) is 0 Å². The average Bonchev–Trinajstić information content (AvgIpc) is 2.73. The van der Waals surface area contributed by atoms with E-state index in [1.807, 2.05) is 12.1 Å². The van der Waals surface area contributed by atoms with Gasteiger partial charge in [-0.2, -0.15) is 0 Å². The Morgan fingerprint density at radius 3 is 2.67 bits per heavy atom. The SMILES string of the molecule is CCNC(c1ccc(Cl)cc1Br)c1ccsc1C. The average molecular weight is 345 g/mol. The van der Waals surface area contributed by atoms with Gasteiger partial charge in [-0.15, -0.1) is 11.3 Å². The van der Waals surface area contributed by atoms with Gasteiger partial charge in [0.1, 0.15) is 0 Å². The van der Waals surface area contributed by atoms with Crippen molar-refractivity contribution in [2.24, 2.45) is 0 Å². The van der Waals surface area contributed by atoms with Gasteiger partial charge in [-0.05, 0) is 48.2 Å². The molecule has 4 heteroatoms. The van der Waals surface area contributed by atoms with Gasteiger partial charge >= 0.3 is 0 Å². The molecule has 96 valence electrons. The number of hydrogen-bond donors (Lipinski definition) is 1. The highest BCUT2D eigenvalue weighted by Crippen LogP contribution is 2.33. The summed E-state index contributed by atoms with van der Waals surface area (Å²) in [5.74, 6) is 0. The van der Waals surface area contributed by atoms with Crippen molar-refractivity contribution < 1.29 is 0 Å². The van der Waals surface area contributed by atoms with Crippen LogP contribution in [0.3, 0.4) is 0 Å². The fraction of sp³-hybridized carbons (Fsp3) is 0.286. The maximum Gasteiger partial charge on any atom is 0.0598 e. The first-order valence-corrected chi connectivity index (χ1v) is 7.91. The van der Waals surface area contributed by atoms with Crippen LogP contribution in [0, 0.1) is 6.92 Å². The molecule has 0 bridgehead atoms. The summed E-state index contributed by atoms with van der Waals surface area (Å²) in [6.07, 6.45) is 0. The Labute approximate surface area is 125 Å². The highest BCUT2D eigenvalue weighted by Gasteiger charge is 2.18. The number of hydrogen-bond acceptors (Lipinski definition) is 2. The molecule has 0 aliphatic rings. The van der Waals surface area contributed by atoms with Crippen molar-refractivity contribution in [2.75, 3.05) is 6.54 Å². The Morgan fingerprint density at radius 2 is 2.11 bits per heavy atom. The van der Waals surface area contributed by atoms with Crippen molar-refractivity contribution in [1.82, 2.24) is 5.32 Å². The van der Waals surface area contributed by atoms with E-state index in [0.717, 1.165) is 16.0 Å². The van der Waals surface area contributed by atoms with Crippen LogP contribution in [0.15, 0.2) is 34.1 Å². The summed E-state index contributed by atoms with van der Waals surface area (Å²) in [5, 5.41) is 6.43. The van der Waals surface area contributed by atoms with Crippen LogP contribution in [0.25, 0.3) is 0 Å². The maximum absolute atomic E-state index is 6.01. The minimum absolute atomic E-state index is 0.216. The van der Waals surface area contributed by atoms with Crippen LogP contribution in [0.1, 0.15) is 29.0 Å². The predicted molar refractivity (Wildman–Crippen MR) is 83.7 cm³/mol. The summed E-state index contributed by atoms with van der Waals surface area (Å²) >= 11 is 11.4. The molecule has 2 aromatic rings. The van der Waals surface area contributed by atoms with Crippen molar-refractivity contribution >= 4 is 38.9 Å². The maximum atomic E-state index is 6.01. The fourth-order valence-electron chi connectivity index (χ4n) is 2.02. The van der Waals surface area contributed by atoms with Crippen LogP contribution in [0.2, 0.25) is 5.02 Å². The van der Waals surface area contributed by atoms with Crippen LogP contribution >= 0.6 is 38.9 Å². The van der Waals surface area contributed by atoms with Crippen molar-refractivity contribution in [3.05, 3.63) is 55.1 Å². The third kappa shape index (κ3) is 2.97. The lowest BCUT2D eigenvalue weighted by molar-refractivity contribution is 0.628. The van der Waals surface area contributed by atoms with Gasteiger partial charge in [0.2, 0.25) is 0 Å². The van der Waals surface area contributed by atoms with Crippen molar-refractivity contribution in [3.8, 4) is 0 Å². The molecule has 0 aliphatic carbocycles. The third-order valence-electron chi connectivity index (χ3n) is 2.89. The number of rotatable bonds is 4. The monoisotopic (exact) mass is 343 g/mol. The van der Waals surface area contributed by atoms with E-state index in [1.165, 1.54) is 16.0 Å².